The number of fused-ring (bicyclic) bond motifs is 3. The zero-order chi connectivity index (χ0) is 16.0. The lowest BCUT2D eigenvalue weighted by atomic mass is 10.0. The van der Waals surface area contributed by atoms with Crippen LogP contribution in [0.25, 0.3) is 6.08 Å². The van der Waals surface area contributed by atoms with Crippen molar-refractivity contribution in [1.82, 2.24) is 4.90 Å². The van der Waals surface area contributed by atoms with E-state index in [2.05, 4.69) is 18.7 Å². The minimum atomic E-state index is -0.124. The van der Waals surface area contributed by atoms with E-state index in [0.29, 0.717) is 36.4 Å². The molecule has 2 aliphatic rings. The number of carbonyl (C=O) groups is 1. The number of Topliss-reactive ketones (excluding diaryl/α,β-unsaturated/α-hetero) is 1. The molecule has 0 unspecified atom stereocenters. The molecule has 0 amide bonds. The summed E-state index contributed by atoms with van der Waals surface area (Å²) in [4.78, 5) is 14.7. The number of rotatable bonds is 2. The average Bonchev–Trinajstić information content (AvgIpc) is 3.16. The standard InChI is InChI=1S/C18H17NO4/c1-11(2)19-9-14-15(22-10-19)6-5-13-17(20)16(23-18(13)14)8-12-4-3-7-21-12/h3-8,11H,9-10H2,1-2H3/b16-8-. The number of nitrogens with zero attached hydrogens (tertiary/aromatic N) is 1. The molecular formula is C18H17NO4. The number of benzene rings is 1. The largest absolute Gasteiger partial charge is 0.478 e. The third-order valence-electron chi connectivity index (χ3n) is 4.19. The number of allylic oxidation sites excluding steroid dienone is 1. The minimum Gasteiger partial charge on any atom is -0.478 e. The summed E-state index contributed by atoms with van der Waals surface area (Å²) in [5, 5.41) is 0. The third kappa shape index (κ3) is 2.33. The topological polar surface area (TPSA) is 51.9 Å². The number of hydrogen-bond acceptors (Lipinski definition) is 5. The van der Waals surface area contributed by atoms with Gasteiger partial charge in [-0.3, -0.25) is 9.69 Å². The number of furan rings is 1. The van der Waals surface area contributed by atoms with Crippen molar-refractivity contribution >= 4 is 11.9 Å². The predicted molar refractivity (Wildman–Crippen MR) is 84.3 cm³/mol. The van der Waals surface area contributed by atoms with Crippen LogP contribution in [-0.2, 0) is 6.54 Å². The van der Waals surface area contributed by atoms with Crippen LogP contribution in [0.1, 0.15) is 35.5 Å². The summed E-state index contributed by atoms with van der Waals surface area (Å²) in [7, 11) is 0. The van der Waals surface area contributed by atoms with Crippen LogP contribution in [0, 0.1) is 0 Å². The fourth-order valence-electron chi connectivity index (χ4n) is 2.81. The molecule has 0 spiro atoms. The van der Waals surface area contributed by atoms with Crippen LogP contribution in [0.4, 0.5) is 0 Å². The van der Waals surface area contributed by atoms with Crippen LogP contribution in [0.15, 0.2) is 40.7 Å². The van der Waals surface area contributed by atoms with Gasteiger partial charge in [-0.25, -0.2) is 0 Å². The molecule has 0 N–H and O–H groups in total. The molecule has 0 atom stereocenters. The normalized spacial score (nSPS) is 18.7. The third-order valence-corrected chi connectivity index (χ3v) is 4.19. The molecule has 0 aliphatic carbocycles. The van der Waals surface area contributed by atoms with Gasteiger partial charge in [0, 0.05) is 18.7 Å². The molecule has 0 fully saturated rings. The first-order valence-electron chi connectivity index (χ1n) is 7.64. The van der Waals surface area contributed by atoms with E-state index in [-0.39, 0.29) is 11.5 Å². The van der Waals surface area contributed by atoms with E-state index in [0.717, 1.165) is 11.3 Å². The van der Waals surface area contributed by atoms with E-state index in [1.807, 2.05) is 6.07 Å². The second-order valence-corrected chi connectivity index (χ2v) is 5.99. The molecule has 3 heterocycles. The van der Waals surface area contributed by atoms with Gasteiger partial charge >= 0.3 is 0 Å². The van der Waals surface area contributed by atoms with E-state index in [1.54, 1.807) is 30.5 Å². The molecule has 0 saturated carbocycles. The average molecular weight is 311 g/mol. The zero-order valence-electron chi connectivity index (χ0n) is 13.0. The lowest BCUT2D eigenvalue weighted by molar-refractivity contribution is 0.0674. The zero-order valence-corrected chi connectivity index (χ0v) is 13.0. The Bertz CT molecular complexity index is 790. The summed E-state index contributed by atoms with van der Waals surface area (Å²) >= 11 is 0. The second-order valence-electron chi connectivity index (χ2n) is 5.99. The highest BCUT2D eigenvalue weighted by atomic mass is 16.5. The lowest BCUT2D eigenvalue weighted by Gasteiger charge is -2.32. The van der Waals surface area contributed by atoms with Crippen molar-refractivity contribution in [3.05, 3.63) is 53.2 Å². The van der Waals surface area contributed by atoms with Crippen LogP contribution in [0.2, 0.25) is 0 Å². The summed E-state index contributed by atoms with van der Waals surface area (Å²) in [6.07, 6.45) is 3.19. The fraction of sp³-hybridized carbons (Fsp3) is 0.278. The van der Waals surface area contributed by atoms with Crippen molar-refractivity contribution in [2.75, 3.05) is 6.73 Å². The summed E-state index contributed by atoms with van der Waals surface area (Å²) < 4.78 is 16.9. The molecule has 2 aliphatic heterocycles. The van der Waals surface area contributed by atoms with Crippen LogP contribution in [-0.4, -0.2) is 23.5 Å². The molecule has 118 valence electrons. The van der Waals surface area contributed by atoms with E-state index < -0.39 is 0 Å². The van der Waals surface area contributed by atoms with Crippen molar-refractivity contribution in [2.45, 2.75) is 26.4 Å². The van der Waals surface area contributed by atoms with Crippen molar-refractivity contribution in [1.29, 1.82) is 0 Å². The maximum absolute atomic E-state index is 12.5. The van der Waals surface area contributed by atoms with Gasteiger partial charge in [0.1, 0.15) is 24.0 Å². The lowest BCUT2D eigenvalue weighted by Crippen LogP contribution is -2.37. The first-order chi connectivity index (χ1) is 11.1. The van der Waals surface area contributed by atoms with Gasteiger partial charge in [-0.2, -0.15) is 0 Å². The molecule has 0 saturated heterocycles. The van der Waals surface area contributed by atoms with Gasteiger partial charge in [0.15, 0.2) is 5.76 Å². The first kappa shape index (κ1) is 14.1. The van der Waals surface area contributed by atoms with E-state index >= 15 is 0 Å². The van der Waals surface area contributed by atoms with Crippen molar-refractivity contribution in [3.63, 3.8) is 0 Å². The molecule has 5 heteroatoms. The number of ether oxygens (including phenoxy) is 2. The van der Waals surface area contributed by atoms with Gasteiger partial charge in [-0.15, -0.1) is 0 Å². The van der Waals surface area contributed by atoms with Gasteiger partial charge in [0.2, 0.25) is 5.78 Å². The molecule has 2 aromatic rings. The quantitative estimate of drug-likeness (QED) is 0.795. The highest BCUT2D eigenvalue weighted by molar-refractivity contribution is 6.14. The Balaban J connectivity index is 1.73. The summed E-state index contributed by atoms with van der Waals surface area (Å²) in [5.41, 5.74) is 1.51. The molecule has 1 aromatic carbocycles. The van der Waals surface area contributed by atoms with Crippen LogP contribution >= 0.6 is 0 Å². The second kappa shape index (κ2) is 5.28. The van der Waals surface area contributed by atoms with Crippen molar-refractivity contribution in [2.24, 2.45) is 0 Å². The number of carbonyl (C=O) groups excluding carboxylic acids is 1. The first-order valence-corrected chi connectivity index (χ1v) is 7.64. The Kier molecular flexibility index (Phi) is 3.23. The van der Waals surface area contributed by atoms with Gasteiger partial charge in [0.05, 0.1) is 17.4 Å². The predicted octanol–water partition coefficient (Wildman–Crippen LogP) is 3.46. The Morgan fingerprint density at radius 1 is 1.26 bits per heavy atom. The minimum absolute atomic E-state index is 0.124. The number of hydrogen-bond donors (Lipinski definition) is 0. The summed E-state index contributed by atoms with van der Waals surface area (Å²) in [6, 6.07) is 7.53. The van der Waals surface area contributed by atoms with E-state index in [1.165, 1.54) is 0 Å². The Hall–Kier alpha value is -2.53. The SMILES string of the molecule is CC(C)N1COc2ccc3c(c2C1)O/C(=C\c1ccco1)C3=O. The Labute approximate surface area is 134 Å². The van der Waals surface area contributed by atoms with Gasteiger partial charge in [0.25, 0.3) is 0 Å². The van der Waals surface area contributed by atoms with Gasteiger partial charge < -0.3 is 13.9 Å². The number of ketones is 1. The van der Waals surface area contributed by atoms with Gasteiger partial charge in [-0.05, 0) is 38.1 Å². The van der Waals surface area contributed by atoms with E-state index in [9.17, 15) is 4.79 Å². The molecular weight excluding hydrogens is 294 g/mol. The molecule has 0 radical (unpaired) electrons. The Morgan fingerprint density at radius 3 is 2.87 bits per heavy atom. The van der Waals surface area contributed by atoms with Crippen LogP contribution in [0.5, 0.6) is 11.5 Å². The Morgan fingerprint density at radius 2 is 2.13 bits per heavy atom. The van der Waals surface area contributed by atoms with Crippen molar-refractivity contribution < 1.29 is 18.7 Å². The van der Waals surface area contributed by atoms with E-state index in [4.69, 9.17) is 13.9 Å². The van der Waals surface area contributed by atoms with Crippen LogP contribution < -0.4 is 9.47 Å². The highest BCUT2D eigenvalue weighted by Gasteiger charge is 2.34. The maximum Gasteiger partial charge on any atom is 0.232 e. The molecule has 0 bridgehead atoms. The molecule has 4 rings (SSSR count). The molecule has 5 nitrogen and oxygen atoms in total. The summed E-state index contributed by atoms with van der Waals surface area (Å²) in [5.74, 6) is 2.14. The van der Waals surface area contributed by atoms with Crippen LogP contribution in [0.3, 0.4) is 0 Å². The molecule has 23 heavy (non-hydrogen) atoms. The highest BCUT2D eigenvalue weighted by Crippen LogP contribution is 2.42. The molecule has 1 aromatic heterocycles. The smallest absolute Gasteiger partial charge is 0.232 e. The van der Waals surface area contributed by atoms with Crippen molar-refractivity contribution in [3.8, 4) is 11.5 Å². The fourth-order valence-corrected chi connectivity index (χ4v) is 2.81. The maximum atomic E-state index is 12.5. The van der Waals surface area contributed by atoms with Gasteiger partial charge in [-0.1, -0.05) is 0 Å². The monoisotopic (exact) mass is 311 g/mol. The summed E-state index contributed by atoms with van der Waals surface area (Å²) in [6.45, 7) is 5.49.